The molecule has 3 aromatic rings. The molecule has 3 rings (SSSR count). The van der Waals surface area contributed by atoms with Crippen LogP contribution in [0.3, 0.4) is 0 Å². The standard InChI is InChI=1S/C8H4N2O4S2/c11-3-1-5(15-7(13)9-1)4(12)6-2(3)10-8(14)16-6/h11-12H,(H,9,13)(H,10,14). The Labute approximate surface area is 95.7 Å². The van der Waals surface area contributed by atoms with Crippen LogP contribution in [-0.2, 0) is 0 Å². The molecule has 0 aliphatic carbocycles. The van der Waals surface area contributed by atoms with Gasteiger partial charge in [-0.1, -0.05) is 22.7 Å². The van der Waals surface area contributed by atoms with Gasteiger partial charge in [-0.05, 0) is 0 Å². The molecule has 0 unspecified atom stereocenters. The number of thiazole rings is 2. The zero-order chi connectivity index (χ0) is 11.4. The number of phenols is 2. The SMILES string of the molecule is Oc1nc2c(O)c3nc(O)sc3c(O)c2s1. The maximum atomic E-state index is 9.87. The van der Waals surface area contributed by atoms with Crippen LogP contribution < -0.4 is 0 Å². The molecule has 0 saturated heterocycles. The number of hydrogen-bond donors (Lipinski definition) is 4. The van der Waals surface area contributed by atoms with E-state index in [0.717, 1.165) is 22.7 Å². The third-order valence-corrected chi connectivity index (χ3v) is 3.84. The molecular weight excluding hydrogens is 252 g/mol. The minimum Gasteiger partial charge on any atom is -0.505 e. The largest absolute Gasteiger partial charge is 0.505 e. The van der Waals surface area contributed by atoms with Crippen molar-refractivity contribution in [3.8, 4) is 21.9 Å². The number of benzene rings is 1. The molecule has 1 aromatic carbocycles. The van der Waals surface area contributed by atoms with E-state index in [1.807, 2.05) is 0 Å². The Morgan fingerprint density at radius 2 is 1.12 bits per heavy atom. The van der Waals surface area contributed by atoms with Gasteiger partial charge in [-0.15, -0.1) is 0 Å². The quantitative estimate of drug-likeness (QED) is 0.456. The molecule has 2 aromatic heterocycles. The van der Waals surface area contributed by atoms with E-state index >= 15 is 0 Å². The lowest BCUT2D eigenvalue weighted by Crippen LogP contribution is -1.76. The average molecular weight is 256 g/mol. The van der Waals surface area contributed by atoms with Gasteiger partial charge in [-0.3, -0.25) is 0 Å². The molecule has 0 spiro atoms. The summed E-state index contributed by atoms with van der Waals surface area (Å²) in [7, 11) is 0. The Hall–Kier alpha value is -1.80. The Morgan fingerprint density at radius 3 is 1.56 bits per heavy atom. The van der Waals surface area contributed by atoms with E-state index in [1.54, 1.807) is 0 Å². The third-order valence-electron chi connectivity index (χ3n) is 2.11. The number of aromatic hydroxyl groups is 4. The van der Waals surface area contributed by atoms with Crippen LogP contribution in [0.2, 0.25) is 0 Å². The first kappa shape index (κ1) is 9.43. The highest BCUT2D eigenvalue weighted by Crippen LogP contribution is 2.47. The molecule has 8 heteroatoms. The zero-order valence-electron chi connectivity index (χ0n) is 7.50. The summed E-state index contributed by atoms with van der Waals surface area (Å²) in [4.78, 5) is 7.36. The van der Waals surface area contributed by atoms with Crippen LogP contribution in [0, 0.1) is 0 Å². The summed E-state index contributed by atoms with van der Waals surface area (Å²) < 4.78 is 0.539. The van der Waals surface area contributed by atoms with E-state index in [9.17, 15) is 20.4 Å². The van der Waals surface area contributed by atoms with E-state index in [2.05, 4.69) is 9.97 Å². The summed E-state index contributed by atoms with van der Waals surface area (Å²) in [5.41, 5.74) is 0.163. The van der Waals surface area contributed by atoms with Crippen LogP contribution in [0.1, 0.15) is 0 Å². The van der Waals surface area contributed by atoms with Crippen molar-refractivity contribution in [3.63, 3.8) is 0 Å². The predicted molar refractivity (Wildman–Crippen MR) is 59.5 cm³/mol. The maximum absolute atomic E-state index is 9.87. The molecule has 4 N–H and O–H groups in total. The van der Waals surface area contributed by atoms with Gasteiger partial charge in [-0.2, -0.15) is 9.97 Å². The van der Waals surface area contributed by atoms with E-state index < -0.39 is 0 Å². The monoisotopic (exact) mass is 256 g/mol. The molecular formula is C8H4N2O4S2. The van der Waals surface area contributed by atoms with E-state index in [1.165, 1.54) is 0 Å². The van der Waals surface area contributed by atoms with Crippen molar-refractivity contribution in [1.29, 1.82) is 0 Å². The van der Waals surface area contributed by atoms with Crippen molar-refractivity contribution < 1.29 is 20.4 Å². The summed E-state index contributed by atoms with van der Waals surface area (Å²) in [5, 5.41) is 37.6. The van der Waals surface area contributed by atoms with Gasteiger partial charge in [0, 0.05) is 0 Å². The van der Waals surface area contributed by atoms with Gasteiger partial charge in [0.15, 0.2) is 11.5 Å². The fourth-order valence-electron chi connectivity index (χ4n) is 1.47. The first-order chi connectivity index (χ1) is 7.58. The number of aromatic nitrogens is 2. The maximum Gasteiger partial charge on any atom is 0.272 e. The van der Waals surface area contributed by atoms with Crippen LogP contribution in [0.5, 0.6) is 21.9 Å². The first-order valence-corrected chi connectivity index (χ1v) is 5.74. The van der Waals surface area contributed by atoms with Gasteiger partial charge in [0.2, 0.25) is 0 Å². The summed E-state index contributed by atoms with van der Waals surface area (Å²) in [6, 6.07) is 0. The van der Waals surface area contributed by atoms with Gasteiger partial charge in [0.1, 0.15) is 20.4 Å². The summed E-state index contributed by atoms with van der Waals surface area (Å²) in [6.07, 6.45) is 0. The van der Waals surface area contributed by atoms with Gasteiger partial charge in [-0.25, -0.2) is 0 Å². The van der Waals surface area contributed by atoms with Crippen molar-refractivity contribution in [3.05, 3.63) is 0 Å². The topological polar surface area (TPSA) is 107 Å². The highest BCUT2D eigenvalue weighted by molar-refractivity contribution is 7.23. The molecule has 2 heterocycles. The minimum absolute atomic E-state index is 0.0813. The van der Waals surface area contributed by atoms with Gasteiger partial charge < -0.3 is 20.4 Å². The molecule has 16 heavy (non-hydrogen) atoms. The molecule has 0 aliphatic rings. The molecule has 82 valence electrons. The third kappa shape index (κ3) is 1.05. The van der Waals surface area contributed by atoms with Gasteiger partial charge in [0.25, 0.3) is 10.4 Å². The number of hydrogen-bond acceptors (Lipinski definition) is 8. The molecule has 0 amide bonds. The smallest absolute Gasteiger partial charge is 0.272 e. The molecule has 0 aliphatic heterocycles. The van der Waals surface area contributed by atoms with Crippen molar-refractivity contribution in [2.24, 2.45) is 0 Å². The number of rotatable bonds is 0. The highest BCUT2D eigenvalue weighted by atomic mass is 32.1. The lowest BCUT2D eigenvalue weighted by molar-refractivity contribution is 0.464. The summed E-state index contributed by atoms with van der Waals surface area (Å²) in [5.74, 6) is -0.394. The minimum atomic E-state index is -0.254. The lowest BCUT2D eigenvalue weighted by Gasteiger charge is -1.97. The van der Waals surface area contributed by atoms with Crippen molar-refractivity contribution in [1.82, 2.24) is 9.97 Å². The van der Waals surface area contributed by atoms with Gasteiger partial charge in [0.05, 0.1) is 0 Å². The van der Waals surface area contributed by atoms with Crippen molar-refractivity contribution >= 4 is 43.1 Å². The molecule has 6 nitrogen and oxygen atoms in total. The Bertz CT molecular complexity index is 603. The van der Waals surface area contributed by atoms with Crippen LogP contribution in [0.4, 0.5) is 0 Å². The summed E-state index contributed by atoms with van der Waals surface area (Å²) in [6.45, 7) is 0. The number of fused-ring (bicyclic) bond motifs is 2. The van der Waals surface area contributed by atoms with Crippen LogP contribution in [0.25, 0.3) is 20.4 Å². The van der Waals surface area contributed by atoms with Crippen LogP contribution in [-0.4, -0.2) is 30.4 Å². The second kappa shape index (κ2) is 2.86. The molecule has 0 fully saturated rings. The fourth-order valence-corrected chi connectivity index (χ4v) is 3.05. The normalized spacial score (nSPS) is 11.5. The second-order valence-electron chi connectivity index (χ2n) is 3.05. The average Bonchev–Trinajstić information content (AvgIpc) is 2.78. The highest BCUT2D eigenvalue weighted by Gasteiger charge is 2.20. The Balaban J connectivity index is 2.63. The predicted octanol–water partition coefficient (Wildman–Crippen LogP) is 1.73. The Kier molecular flexibility index (Phi) is 1.69. The second-order valence-corrected chi connectivity index (χ2v) is 5.00. The van der Waals surface area contributed by atoms with E-state index in [0.29, 0.717) is 0 Å². The number of nitrogens with zero attached hydrogens (tertiary/aromatic N) is 2. The molecule has 0 saturated carbocycles. The van der Waals surface area contributed by atoms with E-state index in [-0.39, 0.29) is 42.3 Å². The molecule has 0 bridgehead atoms. The lowest BCUT2D eigenvalue weighted by atomic mass is 10.2. The Morgan fingerprint density at radius 1 is 0.688 bits per heavy atom. The number of phenolic OH excluding ortho intramolecular Hbond substituents is 2. The fraction of sp³-hybridized carbons (Fsp3) is 0. The van der Waals surface area contributed by atoms with Crippen molar-refractivity contribution in [2.45, 2.75) is 0 Å². The van der Waals surface area contributed by atoms with Gasteiger partial charge >= 0.3 is 0 Å². The zero-order valence-corrected chi connectivity index (χ0v) is 9.13. The first-order valence-electron chi connectivity index (χ1n) is 4.11. The van der Waals surface area contributed by atoms with E-state index in [4.69, 9.17) is 0 Å². The summed E-state index contributed by atoms with van der Waals surface area (Å²) >= 11 is 1.70. The molecule has 0 radical (unpaired) electrons. The van der Waals surface area contributed by atoms with Crippen LogP contribution >= 0.6 is 22.7 Å². The van der Waals surface area contributed by atoms with Crippen LogP contribution in [0.15, 0.2) is 0 Å². The van der Waals surface area contributed by atoms with Crippen molar-refractivity contribution in [2.75, 3.05) is 0 Å². The molecule has 0 atom stereocenters.